The van der Waals surface area contributed by atoms with Gasteiger partial charge in [-0.3, -0.25) is 4.79 Å². The highest BCUT2D eigenvalue weighted by atomic mass is 19.1. The minimum absolute atomic E-state index is 0.176. The molecule has 0 radical (unpaired) electrons. The van der Waals surface area contributed by atoms with E-state index in [1.54, 1.807) is 6.07 Å². The van der Waals surface area contributed by atoms with Crippen molar-refractivity contribution >= 4 is 18.4 Å². The molecule has 4 rings (SSSR count). The van der Waals surface area contributed by atoms with E-state index in [-0.39, 0.29) is 5.78 Å². The summed E-state index contributed by atoms with van der Waals surface area (Å²) >= 11 is 0. The molecule has 2 aliphatic rings. The van der Waals surface area contributed by atoms with Crippen molar-refractivity contribution in [2.24, 2.45) is 0 Å². The van der Waals surface area contributed by atoms with E-state index in [0.717, 1.165) is 11.1 Å². The third kappa shape index (κ3) is 2.01. The first kappa shape index (κ1) is 15.5. The Labute approximate surface area is 140 Å². The lowest BCUT2D eigenvalue weighted by atomic mass is 9.74. The van der Waals surface area contributed by atoms with Crippen molar-refractivity contribution in [3.05, 3.63) is 53.3 Å². The Morgan fingerprint density at radius 3 is 2.25 bits per heavy atom. The van der Waals surface area contributed by atoms with Gasteiger partial charge < -0.3 is 9.31 Å². The molecular weight excluding hydrogens is 306 g/mol. The first-order chi connectivity index (χ1) is 11.2. The van der Waals surface area contributed by atoms with Crippen LogP contribution in [0.5, 0.6) is 0 Å². The average Bonchev–Trinajstić information content (AvgIpc) is 2.90. The summed E-state index contributed by atoms with van der Waals surface area (Å²) in [5, 5.41) is 0. The van der Waals surface area contributed by atoms with E-state index in [0.29, 0.717) is 16.6 Å². The average molecular weight is 324 g/mol. The van der Waals surface area contributed by atoms with E-state index in [4.69, 9.17) is 9.31 Å². The van der Waals surface area contributed by atoms with Crippen LogP contribution in [-0.2, 0) is 9.31 Å². The van der Waals surface area contributed by atoms with Gasteiger partial charge in [-0.1, -0.05) is 24.3 Å². The molecule has 1 saturated heterocycles. The van der Waals surface area contributed by atoms with E-state index < -0.39 is 24.1 Å². The molecule has 24 heavy (non-hydrogen) atoms. The second-order valence-corrected chi connectivity index (χ2v) is 7.38. The standard InChI is InChI=1S/C19H18BFO3/c1-18(2)19(3,4)24-20(23-18)15-7-5-6-13-12-9-8-11(21)10-14(12)17(22)16(13)15/h5-10H,1-4H3. The molecule has 0 atom stereocenters. The molecule has 1 aliphatic carbocycles. The fourth-order valence-corrected chi connectivity index (χ4v) is 3.29. The first-order valence-electron chi connectivity index (χ1n) is 8.04. The van der Waals surface area contributed by atoms with Crippen LogP contribution in [0.3, 0.4) is 0 Å². The molecule has 0 amide bonds. The monoisotopic (exact) mass is 324 g/mol. The molecule has 0 N–H and O–H groups in total. The van der Waals surface area contributed by atoms with Crippen molar-refractivity contribution < 1.29 is 18.5 Å². The summed E-state index contributed by atoms with van der Waals surface area (Å²) in [7, 11) is -0.618. The number of rotatable bonds is 1. The second-order valence-electron chi connectivity index (χ2n) is 7.38. The molecule has 1 fully saturated rings. The van der Waals surface area contributed by atoms with Crippen LogP contribution >= 0.6 is 0 Å². The Balaban J connectivity index is 1.85. The SMILES string of the molecule is CC1(C)OB(c2cccc3c2C(=O)c2cc(F)ccc2-3)OC1(C)C. The lowest BCUT2D eigenvalue weighted by Gasteiger charge is -2.32. The zero-order chi connectivity index (χ0) is 17.3. The van der Waals surface area contributed by atoms with Crippen molar-refractivity contribution in [2.45, 2.75) is 38.9 Å². The van der Waals surface area contributed by atoms with Crippen molar-refractivity contribution in [1.29, 1.82) is 0 Å². The molecule has 0 aromatic heterocycles. The maximum atomic E-state index is 13.6. The van der Waals surface area contributed by atoms with Crippen LogP contribution in [0.15, 0.2) is 36.4 Å². The highest BCUT2D eigenvalue weighted by Crippen LogP contribution is 2.40. The first-order valence-corrected chi connectivity index (χ1v) is 8.04. The number of hydrogen-bond donors (Lipinski definition) is 0. The number of fused-ring (bicyclic) bond motifs is 3. The Kier molecular flexibility index (Phi) is 3.09. The van der Waals surface area contributed by atoms with Gasteiger partial charge in [-0.25, -0.2) is 4.39 Å². The lowest BCUT2D eigenvalue weighted by Crippen LogP contribution is -2.41. The predicted octanol–water partition coefficient (Wildman–Crippen LogP) is 3.34. The third-order valence-electron chi connectivity index (χ3n) is 5.35. The van der Waals surface area contributed by atoms with Gasteiger partial charge in [0.1, 0.15) is 5.82 Å². The molecule has 0 saturated carbocycles. The molecule has 122 valence electrons. The van der Waals surface area contributed by atoms with Crippen LogP contribution in [0.4, 0.5) is 4.39 Å². The Morgan fingerprint density at radius 1 is 0.917 bits per heavy atom. The molecule has 0 spiro atoms. The Bertz CT molecular complexity index is 857. The quantitative estimate of drug-likeness (QED) is 0.644. The van der Waals surface area contributed by atoms with Crippen LogP contribution < -0.4 is 5.46 Å². The molecule has 3 nitrogen and oxygen atoms in total. The summed E-state index contributed by atoms with van der Waals surface area (Å²) in [6.45, 7) is 7.90. The van der Waals surface area contributed by atoms with Gasteiger partial charge in [0.2, 0.25) is 0 Å². The van der Waals surface area contributed by atoms with Gasteiger partial charge in [-0.2, -0.15) is 0 Å². The number of benzene rings is 2. The molecule has 0 bridgehead atoms. The minimum atomic E-state index is -0.618. The molecular formula is C19H18BFO3. The van der Waals surface area contributed by atoms with Gasteiger partial charge in [0, 0.05) is 11.1 Å². The molecule has 2 aromatic carbocycles. The number of carbonyl (C=O) groups is 1. The van der Waals surface area contributed by atoms with Gasteiger partial charge in [-0.15, -0.1) is 0 Å². The predicted molar refractivity (Wildman–Crippen MR) is 91.0 cm³/mol. The van der Waals surface area contributed by atoms with E-state index in [1.165, 1.54) is 12.1 Å². The second kappa shape index (κ2) is 4.77. The number of ketones is 1. The molecule has 1 heterocycles. The highest BCUT2D eigenvalue weighted by Gasteiger charge is 2.53. The van der Waals surface area contributed by atoms with Crippen molar-refractivity contribution in [1.82, 2.24) is 0 Å². The van der Waals surface area contributed by atoms with E-state index in [1.807, 2.05) is 45.9 Å². The van der Waals surface area contributed by atoms with Gasteiger partial charge in [0.25, 0.3) is 0 Å². The summed E-state index contributed by atoms with van der Waals surface area (Å²) in [4.78, 5) is 12.9. The van der Waals surface area contributed by atoms with E-state index in [9.17, 15) is 9.18 Å². The van der Waals surface area contributed by atoms with Crippen molar-refractivity contribution in [3.8, 4) is 11.1 Å². The maximum Gasteiger partial charge on any atom is 0.495 e. The summed E-state index contributed by atoms with van der Waals surface area (Å²) in [6, 6.07) is 9.94. The maximum absolute atomic E-state index is 13.6. The summed E-state index contributed by atoms with van der Waals surface area (Å²) in [6.07, 6.45) is 0. The van der Waals surface area contributed by atoms with Crippen LogP contribution in [0, 0.1) is 5.82 Å². The lowest BCUT2D eigenvalue weighted by molar-refractivity contribution is 0.00578. The molecule has 5 heteroatoms. The fourth-order valence-electron chi connectivity index (χ4n) is 3.29. The number of halogens is 1. The summed E-state index contributed by atoms with van der Waals surface area (Å²) in [5.74, 6) is -0.586. The summed E-state index contributed by atoms with van der Waals surface area (Å²) < 4.78 is 25.8. The Hall–Kier alpha value is -1.98. The normalized spacial score (nSPS) is 20.2. The van der Waals surface area contributed by atoms with Gasteiger partial charge in [0.15, 0.2) is 5.78 Å². The highest BCUT2D eigenvalue weighted by molar-refractivity contribution is 6.64. The topological polar surface area (TPSA) is 35.5 Å². The van der Waals surface area contributed by atoms with E-state index in [2.05, 4.69) is 0 Å². The van der Waals surface area contributed by atoms with E-state index >= 15 is 0 Å². The van der Waals surface area contributed by atoms with Crippen molar-refractivity contribution in [2.75, 3.05) is 0 Å². The number of carbonyl (C=O) groups excluding carboxylic acids is 1. The zero-order valence-corrected chi connectivity index (χ0v) is 14.1. The van der Waals surface area contributed by atoms with Gasteiger partial charge in [0.05, 0.1) is 11.2 Å². The van der Waals surface area contributed by atoms with Crippen LogP contribution in [-0.4, -0.2) is 24.1 Å². The van der Waals surface area contributed by atoms with Crippen molar-refractivity contribution in [3.63, 3.8) is 0 Å². The molecule has 2 aromatic rings. The zero-order valence-electron chi connectivity index (χ0n) is 14.1. The third-order valence-corrected chi connectivity index (χ3v) is 5.35. The molecule has 0 unspecified atom stereocenters. The summed E-state index contributed by atoms with van der Waals surface area (Å²) in [5.41, 5.74) is 2.25. The largest absolute Gasteiger partial charge is 0.495 e. The number of hydrogen-bond acceptors (Lipinski definition) is 3. The van der Waals surface area contributed by atoms with Gasteiger partial charge >= 0.3 is 7.12 Å². The van der Waals surface area contributed by atoms with Gasteiger partial charge in [-0.05, 0) is 56.4 Å². The van der Waals surface area contributed by atoms with Crippen LogP contribution in [0.25, 0.3) is 11.1 Å². The minimum Gasteiger partial charge on any atom is -0.399 e. The molecule has 1 aliphatic heterocycles. The smallest absolute Gasteiger partial charge is 0.399 e. The Morgan fingerprint density at radius 2 is 1.58 bits per heavy atom. The van der Waals surface area contributed by atoms with Crippen LogP contribution in [0.2, 0.25) is 0 Å². The fraction of sp³-hybridized carbons (Fsp3) is 0.316. The van der Waals surface area contributed by atoms with Crippen LogP contribution in [0.1, 0.15) is 43.6 Å².